The van der Waals surface area contributed by atoms with Crippen molar-refractivity contribution < 1.29 is 12.8 Å². The fourth-order valence-electron chi connectivity index (χ4n) is 3.01. The van der Waals surface area contributed by atoms with Crippen molar-refractivity contribution in [3.8, 4) is 11.5 Å². The highest BCUT2D eigenvalue weighted by Crippen LogP contribution is 2.33. The van der Waals surface area contributed by atoms with Crippen LogP contribution >= 0.6 is 23.2 Å². The van der Waals surface area contributed by atoms with Gasteiger partial charge >= 0.3 is 0 Å². The molecule has 0 spiro atoms. The van der Waals surface area contributed by atoms with E-state index >= 15 is 0 Å². The molecule has 0 fully saturated rings. The molecule has 8 heteroatoms. The van der Waals surface area contributed by atoms with Crippen molar-refractivity contribution >= 4 is 38.9 Å². The average molecular weight is 473 g/mol. The lowest BCUT2D eigenvalue weighted by Gasteiger charge is -2.06. The number of aromatic nitrogens is 1. The molecule has 0 atom stereocenters. The lowest BCUT2D eigenvalue weighted by molar-refractivity contribution is 0.576. The zero-order valence-corrected chi connectivity index (χ0v) is 18.8. The van der Waals surface area contributed by atoms with Crippen molar-refractivity contribution in [2.75, 3.05) is 5.32 Å². The highest BCUT2D eigenvalue weighted by Gasteiger charge is 2.28. The summed E-state index contributed by atoms with van der Waals surface area (Å²) in [5, 5.41) is 3.95. The van der Waals surface area contributed by atoms with Gasteiger partial charge in [0.15, 0.2) is 0 Å². The molecule has 31 heavy (non-hydrogen) atoms. The molecule has 0 saturated heterocycles. The molecule has 0 aliphatic carbocycles. The first-order valence-corrected chi connectivity index (χ1v) is 11.6. The van der Waals surface area contributed by atoms with Crippen LogP contribution in [0, 0.1) is 6.92 Å². The average Bonchev–Trinajstić information content (AvgIpc) is 3.19. The van der Waals surface area contributed by atoms with Gasteiger partial charge in [0.25, 0.3) is 0 Å². The number of hydrogen-bond acceptors (Lipinski definition) is 5. The minimum absolute atomic E-state index is 0.0707. The van der Waals surface area contributed by atoms with Gasteiger partial charge in [-0.05, 0) is 61.0 Å². The van der Waals surface area contributed by atoms with Gasteiger partial charge in [0.1, 0.15) is 0 Å². The van der Waals surface area contributed by atoms with Gasteiger partial charge in [0, 0.05) is 22.2 Å². The van der Waals surface area contributed by atoms with E-state index in [1.165, 1.54) is 24.3 Å². The molecular formula is C23H18Cl2N2O3S. The van der Waals surface area contributed by atoms with Crippen LogP contribution in [0.3, 0.4) is 0 Å². The monoisotopic (exact) mass is 472 g/mol. The van der Waals surface area contributed by atoms with Crippen molar-refractivity contribution in [1.29, 1.82) is 0 Å². The maximum atomic E-state index is 13.3. The largest absolute Gasteiger partial charge is 0.419 e. The molecule has 1 aromatic heterocycles. The highest BCUT2D eigenvalue weighted by molar-refractivity contribution is 7.91. The Hall–Kier alpha value is -2.80. The van der Waals surface area contributed by atoms with Crippen molar-refractivity contribution in [2.24, 2.45) is 0 Å². The first-order chi connectivity index (χ1) is 14.8. The summed E-state index contributed by atoms with van der Waals surface area (Å²) in [5.41, 5.74) is 2.60. The Morgan fingerprint density at radius 3 is 2.23 bits per heavy atom. The Morgan fingerprint density at radius 1 is 0.935 bits per heavy atom. The van der Waals surface area contributed by atoms with Gasteiger partial charge < -0.3 is 9.73 Å². The van der Waals surface area contributed by atoms with Gasteiger partial charge in [0.2, 0.25) is 26.6 Å². The molecule has 0 unspecified atom stereocenters. The van der Waals surface area contributed by atoms with E-state index < -0.39 is 9.84 Å². The standard InChI is InChI=1S/C23H18Cl2N2O3S/c1-15-3-2-4-17(13-15)21-27-23(31(28,29)20-11-9-19(25)10-12-20)22(30-21)26-14-16-5-7-18(24)8-6-16/h2-13,26H,14H2,1H3. The fraction of sp³-hybridized carbons (Fsp3) is 0.0870. The van der Waals surface area contributed by atoms with E-state index in [-0.39, 0.29) is 21.7 Å². The van der Waals surface area contributed by atoms with Gasteiger partial charge in [-0.25, -0.2) is 8.42 Å². The Labute approximate surface area is 190 Å². The van der Waals surface area contributed by atoms with Gasteiger partial charge in [-0.15, -0.1) is 0 Å². The Bertz CT molecular complexity index is 1320. The topological polar surface area (TPSA) is 72.2 Å². The van der Waals surface area contributed by atoms with E-state index in [1.54, 1.807) is 12.1 Å². The first-order valence-electron chi connectivity index (χ1n) is 9.40. The number of nitrogens with one attached hydrogen (secondary N) is 1. The van der Waals surface area contributed by atoms with Gasteiger partial charge in [-0.2, -0.15) is 4.98 Å². The summed E-state index contributed by atoms with van der Waals surface area (Å²) >= 11 is 11.9. The van der Waals surface area contributed by atoms with E-state index in [0.717, 1.165) is 11.1 Å². The first kappa shape index (κ1) is 21.4. The number of nitrogens with zero attached hydrogens (tertiary/aromatic N) is 1. The molecule has 0 aliphatic rings. The van der Waals surface area contributed by atoms with Crippen LogP contribution in [-0.4, -0.2) is 13.4 Å². The van der Waals surface area contributed by atoms with Gasteiger partial charge in [-0.3, -0.25) is 0 Å². The lowest BCUT2D eigenvalue weighted by Crippen LogP contribution is -2.07. The van der Waals surface area contributed by atoms with Crippen LogP contribution in [0.1, 0.15) is 11.1 Å². The van der Waals surface area contributed by atoms with E-state index in [2.05, 4.69) is 10.3 Å². The van der Waals surface area contributed by atoms with Crippen molar-refractivity contribution in [1.82, 2.24) is 4.98 Å². The highest BCUT2D eigenvalue weighted by atomic mass is 35.5. The van der Waals surface area contributed by atoms with Crippen LogP contribution in [0.25, 0.3) is 11.5 Å². The molecular weight excluding hydrogens is 455 g/mol. The predicted octanol–water partition coefficient (Wildman–Crippen LogP) is 6.40. The van der Waals surface area contributed by atoms with Crippen LogP contribution < -0.4 is 5.32 Å². The molecule has 1 N–H and O–H groups in total. The molecule has 3 aromatic carbocycles. The van der Waals surface area contributed by atoms with E-state index in [1.807, 2.05) is 43.3 Å². The van der Waals surface area contributed by atoms with Crippen LogP contribution in [0.2, 0.25) is 10.0 Å². The summed E-state index contributed by atoms with van der Waals surface area (Å²) in [6, 6.07) is 20.7. The summed E-state index contributed by atoms with van der Waals surface area (Å²) in [4.78, 5) is 4.43. The van der Waals surface area contributed by atoms with Gasteiger partial charge in [-0.1, -0.05) is 53.0 Å². The third-order valence-electron chi connectivity index (χ3n) is 4.61. The molecule has 1 heterocycles. The van der Waals surface area contributed by atoms with Crippen molar-refractivity contribution in [2.45, 2.75) is 23.4 Å². The number of oxazole rings is 1. The molecule has 158 valence electrons. The predicted molar refractivity (Wildman–Crippen MR) is 122 cm³/mol. The van der Waals surface area contributed by atoms with Crippen molar-refractivity contribution in [3.05, 3.63) is 94.0 Å². The quantitative estimate of drug-likeness (QED) is 0.351. The maximum Gasteiger partial charge on any atom is 0.234 e. The number of halogens is 2. The van der Waals surface area contributed by atoms with Crippen LogP contribution in [-0.2, 0) is 16.4 Å². The summed E-state index contributed by atoms with van der Waals surface area (Å²) in [5.74, 6) is 0.288. The molecule has 0 radical (unpaired) electrons. The number of hydrogen-bond donors (Lipinski definition) is 1. The number of rotatable bonds is 6. The minimum Gasteiger partial charge on any atom is -0.419 e. The van der Waals surface area contributed by atoms with E-state index in [0.29, 0.717) is 22.2 Å². The van der Waals surface area contributed by atoms with E-state index in [9.17, 15) is 8.42 Å². The molecule has 0 amide bonds. The van der Waals surface area contributed by atoms with Crippen LogP contribution in [0.4, 0.5) is 5.88 Å². The zero-order valence-electron chi connectivity index (χ0n) is 16.5. The summed E-state index contributed by atoms with van der Waals surface area (Å²) < 4.78 is 32.5. The summed E-state index contributed by atoms with van der Waals surface area (Å²) in [6.07, 6.45) is 0. The zero-order chi connectivity index (χ0) is 22.0. The Kier molecular flexibility index (Phi) is 6.05. The van der Waals surface area contributed by atoms with Crippen LogP contribution in [0.5, 0.6) is 0 Å². The number of sulfone groups is 1. The lowest BCUT2D eigenvalue weighted by atomic mass is 10.1. The SMILES string of the molecule is Cc1cccc(-c2nc(S(=O)(=O)c3ccc(Cl)cc3)c(NCc3ccc(Cl)cc3)o2)c1. The summed E-state index contributed by atoms with van der Waals surface area (Å²) in [6.45, 7) is 2.28. The Balaban J connectivity index is 1.76. The molecule has 4 rings (SSSR count). The molecule has 0 bridgehead atoms. The Morgan fingerprint density at radius 2 is 1.58 bits per heavy atom. The number of anilines is 1. The molecule has 4 aromatic rings. The molecule has 0 saturated carbocycles. The third-order valence-corrected chi connectivity index (χ3v) is 6.79. The van der Waals surface area contributed by atoms with E-state index in [4.69, 9.17) is 27.6 Å². The minimum atomic E-state index is -3.94. The third kappa shape index (κ3) is 4.77. The second-order valence-electron chi connectivity index (χ2n) is 6.96. The second-order valence-corrected chi connectivity index (χ2v) is 9.70. The molecule has 0 aliphatic heterocycles. The number of aryl methyl sites for hydroxylation is 1. The fourth-order valence-corrected chi connectivity index (χ4v) is 4.54. The number of benzene rings is 3. The smallest absolute Gasteiger partial charge is 0.234 e. The molecule has 5 nitrogen and oxygen atoms in total. The maximum absolute atomic E-state index is 13.3. The normalized spacial score (nSPS) is 11.5. The van der Waals surface area contributed by atoms with Crippen molar-refractivity contribution in [3.63, 3.8) is 0 Å². The van der Waals surface area contributed by atoms with Crippen LogP contribution in [0.15, 0.2) is 87.1 Å². The van der Waals surface area contributed by atoms with Gasteiger partial charge in [0.05, 0.1) is 4.90 Å². The summed E-state index contributed by atoms with van der Waals surface area (Å²) in [7, 11) is -3.94. The second kappa shape index (κ2) is 8.75.